The Morgan fingerprint density at radius 2 is 1.08 bits per heavy atom. The highest BCUT2D eigenvalue weighted by atomic mass is 16.3. The molecule has 182 valence electrons. The van der Waals surface area contributed by atoms with Crippen molar-refractivity contribution in [2.24, 2.45) is 0 Å². The van der Waals surface area contributed by atoms with E-state index in [2.05, 4.69) is 91.0 Å². The van der Waals surface area contributed by atoms with Gasteiger partial charge in [-0.1, -0.05) is 115 Å². The molecular formula is C36H22N2O. The van der Waals surface area contributed by atoms with Gasteiger partial charge in [0, 0.05) is 32.7 Å². The molecule has 3 heteroatoms. The Balaban J connectivity index is 1.26. The van der Waals surface area contributed by atoms with E-state index in [-0.39, 0.29) is 0 Å². The Morgan fingerprint density at radius 3 is 1.95 bits per heavy atom. The maximum absolute atomic E-state index is 6.31. The molecule has 0 radical (unpaired) electrons. The molecule has 0 fully saturated rings. The molecule has 0 amide bonds. The summed E-state index contributed by atoms with van der Waals surface area (Å²) in [5, 5.41) is 5.64. The summed E-state index contributed by atoms with van der Waals surface area (Å²) in [5.74, 6) is 0.734. The van der Waals surface area contributed by atoms with Gasteiger partial charge in [-0.15, -0.1) is 0 Å². The fourth-order valence-electron chi connectivity index (χ4n) is 5.61. The predicted molar refractivity (Wildman–Crippen MR) is 161 cm³/mol. The number of hydrogen-bond donors (Lipinski definition) is 0. The number of aromatic nitrogens is 2. The van der Waals surface area contributed by atoms with Crippen molar-refractivity contribution in [3.05, 3.63) is 133 Å². The van der Waals surface area contributed by atoms with Gasteiger partial charge >= 0.3 is 0 Å². The Labute approximate surface area is 225 Å². The first kappa shape index (κ1) is 21.8. The fourth-order valence-corrected chi connectivity index (χ4v) is 5.61. The van der Waals surface area contributed by atoms with Crippen molar-refractivity contribution in [1.29, 1.82) is 0 Å². The number of para-hydroxylation sites is 2. The smallest absolute Gasteiger partial charge is 0.160 e. The molecule has 3 nitrogen and oxygen atoms in total. The molecule has 6 aromatic carbocycles. The van der Waals surface area contributed by atoms with Crippen molar-refractivity contribution in [3.8, 4) is 33.8 Å². The van der Waals surface area contributed by atoms with Crippen LogP contribution in [0.4, 0.5) is 0 Å². The maximum Gasteiger partial charge on any atom is 0.160 e. The summed E-state index contributed by atoms with van der Waals surface area (Å²) in [5.41, 5.74) is 8.14. The van der Waals surface area contributed by atoms with E-state index in [1.807, 2.05) is 42.5 Å². The molecule has 0 bridgehead atoms. The van der Waals surface area contributed by atoms with Gasteiger partial charge in [-0.25, -0.2) is 9.97 Å². The van der Waals surface area contributed by atoms with Crippen LogP contribution < -0.4 is 0 Å². The van der Waals surface area contributed by atoms with Gasteiger partial charge < -0.3 is 4.42 Å². The normalized spacial score (nSPS) is 11.6. The molecule has 0 aliphatic rings. The quantitative estimate of drug-likeness (QED) is 0.243. The molecule has 0 unspecified atom stereocenters. The average molecular weight is 499 g/mol. The third-order valence-corrected chi connectivity index (χ3v) is 7.51. The highest BCUT2D eigenvalue weighted by Gasteiger charge is 2.14. The molecule has 0 aliphatic heterocycles. The summed E-state index contributed by atoms with van der Waals surface area (Å²) in [6.45, 7) is 0. The predicted octanol–water partition coefficient (Wildman–Crippen LogP) is 9.68. The minimum Gasteiger partial charge on any atom is -0.455 e. The third kappa shape index (κ3) is 3.52. The van der Waals surface area contributed by atoms with Crippen molar-refractivity contribution in [2.75, 3.05) is 0 Å². The molecule has 0 aliphatic carbocycles. The van der Waals surface area contributed by atoms with E-state index in [1.54, 1.807) is 0 Å². The van der Waals surface area contributed by atoms with Crippen molar-refractivity contribution in [1.82, 2.24) is 9.97 Å². The highest BCUT2D eigenvalue weighted by Crippen LogP contribution is 2.38. The van der Waals surface area contributed by atoms with Crippen LogP contribution in [0.1, 0.15) is 0 Å². The van der Waals surface area contributed by atoms with Crippen LogP contribution in [0.3, 0.4) is 0 Å². The van der Waals surface area contributed by atoms with E-state index >= 15 is 0 Å². The van der Waals surface area contributed by atoms with Crippen LogP contribution in [0.25, 0.3) is 77.4 Å². The molecule has 8 rings (SSSR count). The second-order valence-electron chi connectivity index (χ2n) is 9.80. The van der Waals surface area contributed by atoms with Crippen LogP contribution >= 0.6 is 0 Å². The lowest BCUT2D eigenvalue weighted by Gasteiger charge is -2.11. The third-order valence-electron chi connectivity index (χ3n) is 7.51. The average Bonchev–Trinajstić information content (AvgIpc) is 3.40. The summed E-state index contributed by atoms with van der Waals surface area (Å²) in [7, 11) is 0. The lowest BCUT2D eigenvalue weighted by atomic mass is 9.95. The Hall–Kier alpha value is -5.28. The zero-order valence-corrected chi connectivity index (χ0v) is 21.0. The Morgan fingerprint density at radius 1 is 0.410 bits per heavy atom. The second kappa shape index (κ2) is 8.64. The van der Waals surface area contributed by atoms with E-state index in [0.29, 0.717) is 0 Å². The molecule has 0 saturated carbocycles. The van der Waals surface area contributed by atoms with E-state index < -0.39 is 0 Å². The largest absolute Gasteiger partial charge is 0.455 e. The van der Waals surface area contributed by atoms with Crippen LogP contribution in [0.15, 0.2) is 138 Å². The summed E-state index contributed by atoms with van der Waals surface area (Å²) < 4.78 is 6.31. The number of nitrogens with zero attached hydrogens (tertiary/aromatic N) is 2. The van der Waals surface area contributed by atoms with Crippen LogP contribution in [-0.4, -0.2) is 9.97 Å². The molecule has 0 saturated heterocycles. The number of fused-ring (bicyclic) bond motifs is 6. The summed E-state index contributed by atoms with van der Waals surface area (Å²) in [4.78, 5) is 9.88. The Kier molecular flexibility index (Phi) is 4.82. The molecule has 39 heavy (non-hydrogen) atoms. The molecule has 2 aromatic heterocycles. The van der Waals surface area contributed by atoms with Gasteiger partial charge in [0.15, 0.2) is 5.82 Å². The van der Waals surface area contributed by atoms with Gasteiger partial charge in [0.05, 0.1) is 11.2 Å². The summed E-state index contributed by atoms with van der Waals surface area (Å²) in [6, 6.07) is 46.1. The zero-order valence-electron chi connectivity index (χ0n) is 21.0. The minimum atomic E-state index is 0.734. The van der Waals surface area contributed by atoms with Crippen LogP contribution in [0, 0.1) is 0 Å². The van der Waals surface area contributed by atoms with E-state index in [1.165, 1.54) is 10.9 Å². The van der Waals surface area contributed by atoms with Crippen LogP contribution in [0.2, 0.25) is 0 Å². The number of furan rings is 1. The summed E-state index contributed by atoms with van der Waals surface area (Å²) in [6.07, 6.45) is 0. The highest BCUT2D eigenvalue weighted by molar-refractivity contribution is 6.17. The SMILES string of the molecule is c1ccc(-c2nc(-c3ccc(-c4cccc5c4ccc4c6ccccc6oc54)cc3)c3ccccc3n2)cc1. The fraction of sp³-hybridized carbons (Fsp3) is 0. The van der Waals surface area contributed by atoms with Gasteiger partial charge in [-0.2, -0.15) is 0 Å². The van der Waals surface area contributed by atoms with Crippen molar-refractivity contribution in [2.45, 2.75) is 0 Å². The topological polar surface area (TPSA) is 38.9 Å². The van der Waals surface area contributed by atoms with Gasteiger partial charge in [0.25, 0.3) is 0 Å². The van der Waals surface area contributed by atoms with Gasteiger partial charge in [0.2, 0.25) is 0 Å². The summed E-state index contributed by atoms with van der Waals surface area (Å²) >= 11 is 0. The van der Waals surface area contributed by atoms with E-state index in [0.717, 1.165) is 66.4 Å². The second-order valence-corrected chi connectivity index (χ2v) is 9.80. The molecule has 2 heterocycles. The lowest BCUT2D eigenvalue weighted by molar-refractivity contribution is 0.672. The maximum atomic E-state index is 6.31. The zero-order chi connectivity index (χ0) is 25.8. The monoisotopic (exact) mass is 498 g/mol. The van der Waals surface area contributed by atoms with E-state index in [9.17, 15) is 0 Å². The molecule has 0 atom stereocenters. The molecule has 0 N–H and O–H groups in total. The van der Waals surface area contributed by atoms with Crippen molar-refractivity contribution < 1.29 is 4.42 Å². The van der Waals surface area contributed by atoms with Crippen LogP contribution in [-0.2, 0) is 0 Å². The molecule has 8 aromatic rings. The number of hydrogen-bond acceptors (Lipinski definition) is 3. The van der Waals surface area contributed by atoms with Crippen LogP contribution in [0.5, 0.6) is 0 Å². The van der Waals surface area contributed by atoms with Gasteiger partial charge in [-0.05, 0) is 34.7 Å². The number of rotatable bonds is 3. The molecule has 0 spiro atoms. The standard InChI is InChI=1S/C36H22N2O/c1-2-9-25(10-3-1)36-37-32-15-6-4-12-31(32)34(38-36)24-19-17-23(18-20-24)26-13-8-14-29-27(26)21-22-30-28-11-5-7-16-33(28)39-35(29)30/h1-22H. The Bertz CT molecular complexity index is 2160. The molecular weight excluding hydrogens is 476 g/mol. The number of benzene rings is 6. The van der Waals surface area contributed by atoms with Crippen molar-refractivity contribution in [3.63, 3.8) is 0 Å². The first-order valence-corrected chi connectivity index (χ1v) is 13.1. The van der Waals surface area contributed by atoms with E-state index in [4.69, 9.17) is 14.4 Å². The first-order valence-electron chi connectivity index (χ1n) is 13.1. The van der Waals surface area contributed by atoms with Gasteiger partial charge in [-0.3, -0.25) is 0 Å². The first-order chi connectivity index (χ1) is 19.3. The van der Waals surface area contributed by atoms with Crippen molar-refractivity contribution >= 4 is 43.6 Å². The van der Waals surface area contributed by atoms with Gasteiger partial charge in [0.1, 0.15) is 11.2 Å². The lowest BCUT2D eigenvalue weighted by Crippen LogP contribution is -1.95. The minimum absolute atomic E-state index is 0.734.